The zero-order chi connectivity index (χ0) is 9.56. The predicted molar refractivity (Wildman–Crippen MR) is 46.9 cm³/mol. The van der Waals surface area contributed by atoms with Crippen molar-refractivity contribution in [1.82, 2.24) is 0 Å². The second-order valence-electron chi connectivity index (χ2n) is 2.99. The number of ether oxygens (including phenoxy) is 2. The largest absolute Gasteiger partial charge is 0.463 e. The van der Waals surface area contributed by atoms with Crippen LogP contribution in [0.25, 0.3) is 0 Å². The number of carbonyl (C=O) groups is 1. The first-order valence-electron chi connectivity index (χ1n) is 4.31. The quantitative estimate of drug-likeness (QED) is 0.594. The first-order valence-corrected chi connectivity index (χ1v) is 4.31. The Labute approximate surface area is 74.0 Å². The molecule has 0 aromatic heterocycles. The van der Waals surface area contributed by atoms with Crippen LogP contribution >= 0.6 is 0 Å². The molecule has 0 saturated carbocycles. The maximum absolute atomic E-state index is 11.1. The summed E-state index contributed by atoms with van der Waals surface area (Å²) >= 11 is 0. The van der Waals surface area contributed by atoms with Crippen LogP contribution in [-0.2, 0) is 14.3 Å². The van der Waals surface area contributed by atoms with E-state index in [1.807, 2.05) is 20.8 Å². The van der Waals surface area contributed by atoms with Crippen LogP contribution in [-0.4, -0.2) is 25.8 Å². The molecule has 0 aliphatic carbocycles. The van der Waals surface area contributed by atoms with Crippen LogP contribution in [0.1, 0.15) is 27.2 Å². The van der Waals surface area contributed by atoms with Gasteiger partial charge in [0.05, 0.1) is 12.0 Å². The van der Waals surface area contributed by atoms with Gasteiger partial charge in [-0.3, -0.25) is 4.79 Å². The summed E-state index contributed by atoms with van der Waals surface area (Å²) < 4.78 is 9.92. The molecule has 0 saturated heterocycles. The average Bonchev–Trinajstić information content (AvgIpc) is 2.11. The summed E-state index contributed by atoms with van der Waals surface area (Å²) in [5, 5.41) is 0. The van der Waals surface area contributed by atoms with E-state index in [4.69, 9.17) is 9.47 Å². The van der Waals surface area contributed by atoms with Gasteiger partial charge in [-0.25, -0.2) is 0 Å². The van der Waals surface area contributed by atoms with Crippen molar-refractivity contribution in [2.24, 2.45) is 5.92 Å². The molecule has 0 spiro atoms. The molecular formula is C9H18O3. The fraction of sp³-hybridized carbons (Fsp3) is 0.889. The molecule has 0 amide bonds. The molecule has 2 atom stereocenters. The Morgan fingerprint density at radius 3 is 2.42 bits per heavy atom. The summed E-state index contributed by atoms with van der Waals surface area (Å²) in [7, 11) is 1.60. The van der Waals surface area contributed by atoms with E-state index < -0.39 is 0 Å². The second-order valence-corrected chi connectivity index (χ2v) is 2.99. The van der Waals surface area contributed by atoms with Gasteiger partial charge in [0.25, 0.3) is 0 Å². The van der Waals surface area contributed by atoms with E-state index in [1.165, 1.54) is 0 Å². The van der Waals surface area contributed by atoms with Crippen molar-refractivity contribution in [1.29, 1.82) is 0 Å². The van der Waals surface area contributed by atoms with Crippen LogP contribution in [0.2, 0.25) is 0 Å². The second kappa shape index (κ2) is 6.00. The van der Waals surface area contributed by atoms with E-state index in [2.05, 4.69) is 0 Å². The lowest BCUT2D eigenvalue weighted by Gasteiger charge is -2.12. The molecule has 3 nitrogen and oxygen atoms in total. The Morgan fingerprint density at radius 1 is 1.42 bits per heavy atom. The van der Waals surface area contributed by atoms with E-state index in [0.717, 1.165) is 6.42 Å². The van der Waals surface area contributed by atoms with E-state index in [0.29, 0.717) is 6.61 Å². The van der Waals surface area contributed by atoms with Crippen LogP contribution in [0.3, 0.4) is 0 Å². The first-order chi connectivity index (χ1) is 5.61. The van der Waals surface area contributed by atoms with Crippen LogP contribution in [0.4, 0.5) is 0 Å². The minimum Gasteiger partial charge on any atom is -0.463 e. The third-order valence-electron chi connectivity index (χ3n) is 1.88. The molecule has 0 radical (unpaired) electrons. The summed E-state index contributed by atoms with van der Waals surface area (Å²) in [6.07, 6.45) is 0.804. The molecule has 0 aromatic carbocycles. The number of carbonyl (C=O) groups excluding carboxylic acids is 1. The third-order valence-corrected chi connectivity index (χ3v) is 1.88. The lowest BCUT2D eigenvalue weighted by atomic mass is 10.1. The zero-order valence-corrected chi connectivity index (χ0v) is 8.29. The Hall–Kier alpha value is -0.570. The van der Waals surface area contributed by atoms with Gasteiger partial charge in [0, 0.05) is 7.11 Å². The number of esters is 1. The van der Waals surface area contributed by atoms with E-state index in [1.54, 1.807) is 7.11 Å². The third kappa shape index (κ3) is 4.34. The van der Waals surface area contributed by atoms with Gasteiger partial charge in [-0.15, -0.1) is 0 Å². The molecule has 0 N–H and O–H groups in total. The molecule has 0 rings (SSSR count). The van der Waals surface area contributed by atoms with Gasteiger partial charge >= 0.3 is 5.97 Å². The maximum Gasteiger partial charge on any atom is 0.308 e. The Balaban J connectivity index is 3.56. The average molecular weight is 174 g/mol. The number of methoxy groups -OCH3 is 1. The van der Waals surface area contributed by atoms with Crippen LogP contribution < -0.4 is 0 Å². The van der Waals surface area contributed by atoms with Gasteiger partial charge in [-0.2, -0.15) is 0 Å². The van der Waals surface area contributed by atoms with Crippen molar-refractivity contribution < 1.29 is 14.3 Å². The normalized spacial score (nSPS) is 15.3. The highest BCUT2D eigenvalue weighted by Crippen LogP contribution is 2.03. The van der Waals surface area contributed by atoms with Crippen LogP contribution in [0.5, 0.6) is 0 Å². The summed E-state index contributed by atoms with van der Waals surface area (Å²) in [6, 6.07) is 0. The number of rotatable bonds is 5. The van der Waals surface area contributed by atoms with Gasteiger partial charge < -0.3 is 9.47 Å². The molecule has 0 fully saturated rings. The molecule has 12 heavy (non-hydrogen) atoms. The van der Waals surface area contributed by atoms with Gasteiger partial charge in [-0.1, -0.05) is 13.8 Å². The lowest BCUT2D eigenvalue weighted by molar-refractivity contribution is -0.151. The summed E-state index contributed by atoms with van der Waals surface area (Å²) in [6.45, 7) is 6.04. The molecule has 0 aliphatic heterocycles. The standard InChI is InChI=1S/C9H18O3/c1-5-7(2)9(10)12-6-8(3)11-4/h7-8H,5-6H2,1-4H3. The Kier molecular flexibility index (Phi) is 5.72. The molecule has 72 valence electrons. The van der Waals surface area contributed by atoms with E-state index >= 15 is 0 Å². The van der Waals surface area contributed by atoms with Crippen LogP contribution in [0.15, 0.2) is 0 Å². The highest BCUT2D eigenvalue weighted by molar-refractivity contribution is 5.71. The van der Waals surface area contributed by atoms with Gasteiger partial charge in [0.2, 0.25) is 0 Å². The van der Waals surface area contributed by atoms with Crippen LogP contribution in [0, 0.1) is 5.92 Å². The smallest absolute Gasteiger partial charge is 0.308 e. The fourth-order valence-electron chi connectivity index (χ4n) is 0.576. The van der Waals surface area contributed by atoms with Gasteiger partial charge in [0.15, 0.2) is 0 Å². The molecule has 0 bridgehead atoms. The van der Waals surface area contributed by atoms with Crippen molar-refractivity contribution in [3.8, 4) is 0 Å². The SMILES string of the molecule is CCC(C)C(=O)OCC(C)OC. The van der Waals surface area contributed by atoms with Crippen molar-refractivity contribution in [2.75, 3.05) is 13.7 Å². The predicted octanol–water partition coefficient (Wildman–Crippen LogP) is 1.61. The minimum atomic E-state index is -0.138. The van der Waals surface area contributed by atoms with E-state index in [9.17, 15) is 4.79 Å². The molecular weight excluding hydrogens is 156 g/mol. The topological polar surface area (TPSA) is 35.5 Å². The summed E-state index contributed by atoms with van der Waals surface area (Å²) in [5.41, 5.74) is 0. The Bertz CT molecular complexity index is 134. The van der Waals surface area contributed by atoms with Crippen molar-refractivity contribution in [2.45, 2.75) is 33.3 Å². The highest BCUT2D eigenvalue weighted by atomic mass is 16.6. The monoisotopic (exact) mass is 174 g/mol. The van der Waals surface area contributed by atoms with Crippen molar-refractivity contribution >= 4 is 5.97 Å². The van der Waals surface area contributed by atoms with Crippen molar-refractivity contribution in [3.63, 3.8) is 0 Å². The molecule has 3 heteroatoms. The first kappa shape index (κ1) is 11.4. The van der Waals surface area contributed by atoms with E-state index in [-0.39, 0.29) is 18.0 Å². The van der Waals surface area contributed by atoms with Gasteiger partial charge in [0.1, 0.15) is 6.61 Å². The lowest BCUT2D eigenvalue weighted by Crippen LogP contribution is -2.21. The molecule has 0 aromatic rings. The molecule has 0 heterocycles. The zero-order valence-electron chi connectivity index (χ0n) is 8.29. The van der Waals surface area contributed by atoms with Crippen molar-refractivity contribution in [3.05, 3.63) is 0 Å². The maximum atomic E-state index is 11.1. The number of hydrogen-bond donors (Lipinski definition) is 0. The fourth-order valence-corrected chi connectivity index (χ4v) is 0.576. The summed E-state index contributed by atoms with van der Waals surface area (Å²) in [4.78, 5) is 11.1. The van der Waals surface area contributed by atoms with Gasteiger partial charge in [-0.05, 0) is 13.3 Å². The number of hydrogen-bond acceptors (Lipinski definition) is 3. The summed E-state index contributed by atoms with van der Waals surface area (Å²) in [5.74, 6) is -0.143. The molecule has 2 unspecified atom stereocenters. The Morgan fingerprint density at radius 2 is 2.00 bits per heavy atom. The highest BCUT2D eigenvalue weighted by Gasteiger charge is 2.12. The minimum absolute atomic E-state index is 0.00550. The molecule has 0 aliphatic rings.